The van der Waals surface area contributed by atoms with Crippen LogP contribution in [0.5, 0.6) is 0 Å². The molecule has 4 rings (SSSR count). The third-order valence-corrected chi connectivity index (χ3v) is 7.50. The van der Waals surface area contributed by atoms with Crippen LogP contribution in [-0.2, 0) is 17.8 Å². The van der Waals surface area contributed by atoms with E-state index < -0.39 is 0 Å². The summed E-state index contributed by atoms with van der Waals surface area (Å²) in [5, 5.41) is 5.21. The van der Waals surface area contributed by atoms with Crippen molar-refractivity contribution in [2.45, 2.75) is 37.9 Å². The highest BCUT2D eigenvalue weighted by Crippen LogP contribution is 2.36. The Morgan fingerprint density at radius 1 is 0.972 bits per heavy atom. The van der Waals surface area contributed by atoms with Crippen LogP contribution in [-0.4, -0.2) is 27.8 Å². The van der Waals surface area contributed by atoms with Crippen LogP contribution < -0.4 is 5.32 Å². The molecule has 7 heteroatoms. The van der Waals surface area contributed by atoms with Gasteiger partial charge in [0.1, 0.15) is 0 Å². The van der Waals surface area contributed by atoms with Gasteiger partial charge >= 0.3 is 0 Å². The fraction of sp³-hybridized carbons (Fsp3) is 0.241. The Bertz CT molecular complexity index is 1290. The summed E-state index contributed by atoms with van der Waals surface area (Å²) in [6, 6.07) is 26.2. The molecule has 1 aromatic heterocycles. The number of thioether (sulfide) groups is 1. The van der Waals surface area contributed by atoms with Crippen molar-refractivity contribution in [3.05, 3.63) is 94.5 Å². The normalized spacial score (nSPS) is 11.0. The zero-order chi connectivity index (χ0) is 25.3. The second-order valence-electron chi connectivity index (χ2n) is 8.36. The van der Waals surface area contributed by atoms with Gasteiger partial charge in [-0.05, 0) is 37.5 Å². The van der Waals surface area contributed by atoms with Crippen LogP contribution in [0.2, 0.25) is 10.0 Å². The van der Waals surface area contributed by atoms with Crippen LogP contribution in [0.3, 0.4) is 0 Å². The van der Waals surface area contributed by atoms with Crippen molar-refractivity contribution in [2.75, 3.05) is 12.3 Å². The van der Waals surface area contributed by atoms with Gasteiger partial charge in [-0.3, -0.25) is 4.79 Å². The number of nitrogens with one attached hydrogen (secondary N) is 1. The fourth-order valence-electron chi connectivity index (χ4n) is 4.07. The zero-order valence-corrected chi connectivity index (χ0v) is 22.5. The molecule has 0 radical (unpaired) electrons. The number of carbonyl (C=O) groups is 1. The maximum Gasteiger partial charge on any atom is 0.220 e. The molecule has 0 aliphatic rings. The summed E-state index contributed by atoms with van der Waals surface area (Å²) >= 11 is 13.9. The first-order valence-electron chi connectivity index (χ1n) is 12.1. The summed E-state index contributed by atoms with van der Waals surface area (Å²) < 4.78 is 2.28. The minimum absolute atomic E-state index is 0.0504. The third kappa shape index (κ3) is 6.73. The molecule has 0 atom stereocenters. The standard InChI is InChI=1S/C29H29Cl2N3OS/c1-2-34-28(23-12-7-4-8-13-23)27(22-10-5-3-6-11-22)33-29(34)36-19-9-14-26(35)32-18-17-21-15-16-24(30)20-25(21)31/h3-8,10-13,15-16,20H,2,9,14,17-19H2,1H3,(H,32,35). The molecule has 0 fully saturated rings. The van der Waals surface area contributed by atoms with Gasteiger partial charge in [0.05, 0.1) is 11.4 Å². The molecule has 0 aliphatic heterocycles. The van der Waals surface area contributed by atoms with Crippen LogP contribution in [0.1, 0.15) is 25.3 Å². The summed E-state index contributed by atoms with van der Waals surface area (Å²) in [4.78, 5) is 17.4. The van der Waals surface area contributed by atoms with E-state index >= 15 is 0 Å². The van der Waals surface area contributed by atoms with E-state index in [0.29, 0.717) is 29.4 Å². The lowest BCUT2D eigenvalue weighted by Gasteiger charge is -2.11. The maximum atomic E-state index is 12.3. The lowest BCUT2D eigenvalue weighted by atomic mass is 10.0. The van der Waals surface area contributed by atoms with E-state index in [-0.39, 0.29) is 5.91 Å². The molecule has 0 bridgehead atoms. The third-order valence-electron chi connectivity index (χ3n) is 5.85. The van der Waals surface area contributed by atoms with Crippen molar-refractivity contribution in [1.82, 2.24) is 14.9 Å². The Morgan fingerprint density at radius 2 is 1.67 bits per heavy atom. The van der Waals surface area contributed by atoms with Crippen molar-refractivity contribution in [2.24, 2.45) is 0 Å². The molecule has 3 aromatic carbocycles. The average Bonchev–Trinajstić information content (AvgIpc) is 3.27. The molecule has 1 amide bonds. The Labute approximate surface area is 227 Å². The van der Waals surface area contributed by atoms with Crippen molar-refractivity contribution in [1.29, 1.82) is 0 Å². The smallest absolute Gasteiger partial charge is 0.220 e. The lowest BCUT2D eigenvalue weighted by molar-refractivity contribution is -0.121. The highest BCUT2D eigenvalue weighted by molar-refractivity contribution is 7.99. The molecule has 4 nitrogen and oxygen atoms in total. The van der Waals surface area contributed by atoms with E-state index in [0.717, 1.165) is 52.0 Å². The first-order valence-corrected chi connectivity index (χ1v) is 13.9. The van der Waals surface area contributed by atoms with Gasteiger partial charge in [0, 0.05) is 46.4 Å². The highest BCUT2D eigenvalue weighted by atomic mass is 35.5. The van der Waals surface area contributed by atoms with Crippen LogP contribution in [0, 0.1) is 0 Å². The van der Waals surface area contributed by atoms with Crippen LogP contribution in [0.25, 0.3) is 22.5 Å². The molecule has 1 heterocycles. The number of rotatable bonds is 11. The minimum atomic E-state index is 0.0504. The van der Waals surface area contributed by atoms with E-state index in [2.05, 4.69) is 53.2 Å². The van der Waals surface area contributed by atoms with Gasteiger partial charge in [0.15, 0.2) is 5.16 Å². The first kappa shape index (κ1) is 26.3. The molecule has 0 unspecified atom stereocenters. The summed E-state index contributed by atoms with van der Waals surface area (Å²) in [5.41, 5.74) is 5.35. The molecular weight excluding hydrogens is 509 g/mol. The first-order chi connectivity index (χ1) is 17.6. The Balaban J connectivity index is 1.36. The number of hydrogen-bond donors (Lipinski definition) is 1. The number of carbonyl (C=O) groups excluding carboxylic acids is 1. The topological polar surface area (TPSA) is 46.9 Å². The Morgan fingerprint density at radius 3 is 2.33 bits per heavy atom. The number of hydrogen-bond acceptors (Lipinski definition) is 3. The van der Waals surface area contributed by atoms with Gasteiger partial charge in [0.25, 0.3) is 0 Å². The number of nitrogens with zero attached hydrogens (tertiary/aromatic N) is 2. The largest absolute Gasteiger partial charge is 0.356 e. The molecular formula is C29H29Cl2N3OS. The molecule has 1 N–H and O–H groups in total. The average molecular weight is 539 g/mol. The highest BCUT2D eigenvalue weighted by Gasteiger charge is 2.19. The quantitative estimate of drug-likeness (QED) is 0.157. The van der Waals surface area contributed by atoms with Gasteiger partial charge in [-0.15, -0.1) is 0 Å². The van der Waals surface area contributed by atoms with Crippen LogP contribution >= 0.6 is 35.0 Å². The van der Waals surface area contributed by atoms with Crippen LogP contribution in [0.15, 0.2) is 84.0 Å². The fourth-order valence-corrected chi connectivity index (χ4v) is 5.57. The molecule has 0 saturated heterocycles. The SMILES string of the molecule is CCn1c(SCCCC(=O)NCCc2ccc(Cl)cc2Cl)nc(-c2ccccc2)c1-c1ccccc1. The summed E-state index contributed by atoms with van der Waals surface area (Å²) in [7, 11) is 0. The lowest BCUT2D eigenvalue weighted by Crippen LogP contribution is -2.25. The molecule has 36 heavy (non-hydrogen) atoms. The second-order valence-corrected chi connectivity index (χ2v) is 10.3. The van der Waals surface area contributed by atoms with E-state index in [1.165, 1.54) is 0 Å². The number of aromatic nitrogens is 2. The summed E-state index contributed by atoms with van der Waals surface area (Å²) in [6.07, 6.45) is 1.93. The van der Waals surface area contributed by atoms with E-state index in [1.807, 2.05) is 36.4 Å². The predicted molar refractivity (Wildman–Crippen MR) is 152 cm³/mol. The van der Waals surface area contributed by atoms with Gasteiger partial charge < -0.3 is 9.88 Å². The second kappa shape index (κ2) is 13.0. The van der Waals surface area contributed by atoms with E-state index in [4.69, 9.17) is 28.2 Å². The van der Waals surface area contributed by atoms with Crippen molar-refractivity contribution in [3.63, 3.8) is 0 Å². The minimum Gasteiger partial charge on any atom is -0.356 e. The van der Waals surface area contributed by atoms with E-state index in [9.17, 15) is 4.79 Å². The van der Waals surface area contributed by atoms with Crippen molar-refractivity contribution < 1.29 is 4.79 Å². The van der Waals surface area contributed by atoms with Crippen LogP contribution in [0.4, 0.5) is 0 Å². The molecule has 186 valence electrons. The van der Waals surface area contributed by atoms with Gasteiger partial charge in [0.2, 0.25) is 5.91 Å². The number of amides is 1. The number of halogens is 2. The van der Waals surface area contributed by atoms with E-state index in [1.54, 1.807) is 17.8 Å². The molecule has 0 aliphatic carbocycles. The molecule has 0 saturated carbocycles. The molecule has 0 spiro atoms. The van der Waals surface area contributed by atoms with Crippen molar-refractivity contribution >= 4 is 40.9 Å². The summed E-state index contributed by atoms with van der Waals surface area (Å²) in [6.45, 7) is 3.52. The number of imidazole rings is 1. The van der Waals surface area contributed by atoms with Crippen molar-refractivity contribution in [3.8, 4) is 22.5 Å². The maximum absolute atomic E-state index is 12.3. The Kier molecular flexibility index (Phi) is 9.51. The van der Waals surface area contributed by atoms with Gasteiger partial charge in [-0.2, -0.15) is 0 Å². The predicted octanol–water partition coefficient (Wildman–Crippen LogP) is 7.78. The molecule has 4 aromatic rings. The van der Waals surface area contributed by atoms with Gasteiger partial charge in [-0.1, -0.05) is 102 Å². The monoisotopic (exact) mass is 537 g/mol. The zero-order valence-electron chi connectivity index (χ0n) is 20.2. The van der Waals surface area contributed by atoms with Gasteiger partial charge in [-0.25, -0.2) is 4.98 Å². The summed E-state index contributed by atoms with van der Waals surface area (Å²) in [5.74, 6) is 0.866. The number of benzene rings is 3. The Hall–Kier alpha value is -2.73.